The molecule has 3 atom stereocenters. The van der Waals surface area contributed by atoms with Crippen LogP contribution in [0.15, 0.2) is 66.7 Å². The molecule has 3 aromatic rings. The number of ether oxygens (including phenoxy) is 2. The van der Waals surface area contributed by atoms with Gasteiger partial charge in [0.05, 0.1) is 18.3 Å². The van der Waals surface area contributed by atoms with Gasteiger partial charge in [0.1, 0.15) is 11.9 Å². The van der Waals surface area contributed by atoms with Gasteiger partial charge in [-0.3, -0.25) is 0 Å². The van der Waals surface area contributed by atoms with Crippen LogP contribution < -0.4 is 4.74 Å². The molecule has 0 aliphatic heterocycles. The molecule has 3 aromatic carbocycles. The maximum Gasteiger partial charge on any atom is 0.339 e. The highest BCUT2D eigenvalue weighted by Gasteiger charge is 2.44. The Bertz CT molecular complexity index is 1090. The van der Waals surface area contributed by atoms with Gasteiger partial charge in [-0.05, 0) is 67.9 Å². The molecule has 3 unspecified atom stereocenters. The molecule has 0 saturated heterocycles. The number of hydrogen-bond donors (Lipinski definition) is 1. The predicted octanol–water partition coefficient (Wildman–Crippen LogP) is 4.62. The normalized spacial score (nSPS) is 23.3. The molecule has 0 bridgehead atoms. The molecule has 1 aliphatic rings. The van der Waals surface area contributed by atoms with E-state index in [0.29, 0.717) is 31.4 Å². The molecule has 0 amide bonds. The summed E-state index contributed by atoms with van der Waals surface area (Å²) in [6.07, 6.45) is 1.49. The first kappa shape index (κ1) is 22.3. The Morgan fingerprint density at radius 1 is 1.09 bits per heavy atom. The van der Waals surface area contributed by atoms with Crippen LogP contribution in [0.4, 0.5) is 0 Å². The molecule has 168 valence electrons. The van der Waals surface area contributed by atoms with Crippen molar-refractivity contribution in [1.82, 2.24) is 4.90 Å². The average Bonchev–Trinajstić information content (AvgIpc) is 2.80. The maximum atomic E-state index is 13.1. The van der Waals surface area contributed by atoms with Gasteiger partial charge in [0, 0.05) is 12.5 Å². The summed E-state index contributed by atoms with van der Waals surface area (Å²) < 4.78 is 11.4. The van der Waals surface area contributed by atoms with Crippen LogP contribution in [-0.2, 0) is 10.3 Å². The van der Waals surface area contributed by atoms with E-state index < -0.39 is 5.60 Å². The molecular formula is C27H31NO4. The fourth-order valence-electron chi connectivity index (χ4n) is 4.88. The van der Waals surface area contributed by atoms with Crippen LogP contribution in [0.3, 0.4) is 0 Å². The largest absolute Gasteiger partial charge is 0.497 e. The second-order valence-corrected chi connectivity index (χ2v) is 8.94. The number of carbonyl (C=O) groups is 1. The lowest BCUT2D eigenvalue weighted by Gasteiger charge is -2.44. The Balaban J connectivity index is 1.55. The number of aliphatic hydroxyl groups is 1. The van der Waals surface area contributed by atoms with E-state index >= 15 is 0 Å². The van der Waals surface area contributed by atoms with Crippen LogP contribution in [0.2, 0.25) is 0 Å². The molecule has 1 fully saturated rings. The van der Waals surface area contributed by atoms with Crippen LogP contribution in [-0.4, -0.2) is 49.8 Å². The molecule has 5 nitrogen and oxygen atoms in total. The number of fused-ring (bicyclic) bond motifs is 1. The summed E-state index contributed by atoms with van der Waals surface area (Å²) in [5.41, 5.74) is 0.435. The first-order valence-electron chi connectivity index (χ1n) is 11.1. The topological polar surface area (TPSA) is 59.0 Å². The highest BCUT2D eigenvalue weighted by atomic mass is 16.5. The number of benzene rings is 3. The maximum absolute atomic E-state index is 13.1. The van der Waals surface area contributed by atoms with E-state index in [0.717, 1.165) is 22.1 Å². The van der Waals surface area contributed by atoms with Crippen LogP contribution in [0, 0.1) is 5.92 Å². The quantitative estimate of drug-likeness (QED) is 0.575. The van der Waals surface area contributed by atoms with Crippen molar-refractivity contribution in [2.75, 3.05) is 27.7 Å². The number of esters is 1. The number of rotatable bonds is 6. The minimum atomic E-state index is -0.999. The van der Waals surface area contributed by atoms with E-state index in [1.807, 2.05) is 80.8 Å². The van der Waals surface area contributed by atoms with Crippen molar-refractivity contribution < 1.29 is 19.4 Å². The molecule has 0 heterocycles. The number of carbonyl (C=O) groups excluding carboxylic acids is 1. The van der Waals surface area contributed by atoms with Gasteiger partial charge < -0.3 is 19.5 Å². The molecular weight excluding hydrogens is 402 g/mol. The molecule has 1 aliphatic carbocycles. The van der Waals surface area contributed by atoms with Crippen molar-refractivity contribution in [2.45, 2.75) is 31.0 Å². The Hall–Kier alpha value is -2.89. The highest BCUT2D eigenvalue weighted by molar-refractivity contribution is 6.04. The van der Waals surface area contributed by atoms with E-state index in [-0.39, 0.29) is 18.0 Å². The predicted molar refractivity (Wildman–Crippen MR) is 126 cm³/mol. The smallest absolute Gasteiger partial charge is 0.339 e. The first-order valence-corrected chi connectivity index (χ1v) is 11.1. The van der Waals surface area contributed by atoms with E-state index in [2.05, 4.69) is 4.90 Å². The Morgan fingerprint density at radius 2 is 1.84 bits per heavy atom. The van der Waals surface area contributed by atoms with Crippen LogP contribution in [0.25, 0.3) is 10.8 Å². The van der Waals surface area contributed by atoms with E-state index in [1.165, 1.54) is 0 Å². The zero-order valence-corrected chi connectivity index (χ0v) is 19.0. The Kier molecular flexibility index (Phi) is 6.49. The minimum Gasteiger partial charge on any atom is -0.497 e. The summed E-state index contributed by atoms with van der Waals surface area (Å²) in [6, 6.07) is 21.2. The van der Waals surface area contributed by atoms with Gasteiger partial charge >= 0.3 is 5.97 Å². The van der Waals surface area contributed by atoms with Gasteiger partial charge in [-0.15, -0.1) is 0 Å². The van der Waals surface area contributed by atoms with Crippen molar-refractivity contribution in [1.29, 1.82) is 0 Å². The van der Waals surface area contributed by atoms with Gasteiger partial charge in [0.2, 0.25) is 0 Å². The third kappa shape index (κ3) is 4.50. The lowest BCUT2D eigenvalue weighted by molar-refractivity contribution is -0.0960. The molecule has 0 aromatic heterocycles. The zero-order chi connectivity index (χ0) is 22.7. The molecule has 0 radical (unpaired) electrons. The molecule has 32 heavy (non-hydrogen) atoms. The lowest BCUT2D eigenvalue weighted by atomic mass is 9.70. The van der Waals surface area contributed by atoms with Crippen LogP contribution in [0.5, 0.6) is 5.75 Å². The summed E-state index contributed by atoms with van der Waals surface area (Å²) in [4.78, 5) is 15.1. The zero-order valence-electron chi connectivity index (χ0n) is 19.0. The van der Waals surface area contributed by atoms with Crippen LogP contribution >= 0.6 is 0 Å². The first-order chi connectivity index (χ1) is 15.4. The summed E-state index contributed by atoms with van der Waals surface area (Å²) in [5.74, 6) is 0.343. The highest BCUT2D eigenvalue weighted by Crippen LogP contribution is 2.44. The summed E-state index contributed by atoms with van der Waals surface area (Å²) in [6.45, 7) is 0.691. The number of hydrogen-bond acceptors (Lipinski definition) is 5. The van der Waals surface area contributed by atoms with Gasteiger partial charge in [0.25, 0.3) is 0 Å². The van der Waals surface area contributed by atoms with E-state index in [1.54, 1.807) is 7.11 Å². The second-order valence-electron chi connectivity index (χ2n) is 8.94. The fourth-order valence-corrected chi connectivity index (χ4v) is 4.88. The standard InChI is InChI=1S/C27H31NO4/c1-28(2)18-21-17-23(14-15-27(21,30)20-10-7-11-22(16-20)31-3)32-26(29)25-13-6-9-19-8-4-5-12-24(19)25/h4-13,16,21,23,30H,14-15,17-18H2,1-3H3. The van der Waals surface area contributed by atoms with Gasteiger partial charge in [-0.2, -0.15) is 0 Å². The van der Waals surface area contributed by atoms with E-state index in [4.69, 9.17) is 9.47 Å². The third-order valence-electron chi connectivity index (χ3n) is 6.51. The van der Waals surface area contributed by atoms with Gasteiger partial charge in [-0.1, -0.05) is 48.5 Å². The molecule has 5 heteroatoms. The van der Waals surface area contributed by atoms with Gasteiger partial charge in [-0.25, -0.2) is 4.79 Å². The minimum absolute atomic E-state index is 0.0799. The van der Waals surface area contributed by atoms with Crippen molar-refractivity contribution in [2.24, 2.45) is 5.92 Å². The summed E-state index contributed by atoms with van der Waals surface area (Å²) >= 11 is 0. The Labute approximate surface area is 189 Å². The number of methoxy groups -OCH3 is 1. The molecule has 4 rings (SSSR count). The van der Waals surface area contributed by atoms with Crippen molar-refractivity contribution in [3.05, 3.63) is 77.9 Å². The molecule has 1 saturated carbocycles. The van der Waals surface area contributed by atoms with Crippen molar-refractivity contribution >= 4 is 16.7 Å². The third-order valence-corrected chi connectivity index (χ3v) is 6.51. The van der Waals surface area contributed by atoms with Crippen molar-refractivity contribution in [3.8, 4) is 5.75 Å². The van der Waals surface area contributed by atoms with Crippen molar-refractivity contribution in [3.63, 3.8) is 0 Å². The monoisotopic (exact) mass is 433 g/mol. The molecule has 0 spiro atoms. The lowest BCUT2D eigenvalue weighted by Crippen LogP contribution is -2.47. The van der Waals surface area contributed by atoms with Gasteiger partial charge in [0.15, 0.2) is 0 Å². The summed E-state index contributed by atoms with van der Waals surface area (Å²) in [5, 5.41) is 13.7. The fraction of sp³-hybridized carbons (Fsp3) is 0.370. The average molecular weight is 434 g/mol. The second kappa shape index (κ2) is 9.31. The number of nitrogens with zero attached hydrogens (tertiary/aromatic N) is 1. The molecule has 1 N–H and O–H groups in total. The van der Waals surface area contributed by atoms with E-state index in [9.17, 15) is 9.90 Å². The SMILES string of the molecule is COc1cccc(C2(O)CCC(OC(=O)c3cccc4ccccc34)CC2CN(C)C)c1. The van der Waals surface area contributed by atoms with Crippen LogP contribution in [0.1, 0.15) is 35.2 Å². The summed E-state index contributed by atoms with van der Waals surface area (Å²) in [7, 11) is 5.62. The Morgan fingerprint density at radius 3 is 2.62 bits per heavy atom.